The molecule has 0 aromatic rings. The first-order valence-electron chi connectivity index (χ1n) is 5.09. The van der Waals surface area contributed by atoms with Crippen molar-refractivity contribution in [3.63, 3.8) is 0 Å². The maximum atomic E-state index is 10.9. The maximum Gasteiger partial charge on any atom is 0.306 e. The smallest absolute Gasteiger partial charge is 0.306 e. The number of likely N-dealkylation sites (N-methyl/N-ethyl adjacent to an activating group) is 2. The quantitative estimate of drug-likeness (QED) is 0.606. The van der Waals surface area contributed by atoms with Gasteiger partial charge in [-0.1, -0.05) is 0 Å². The first kappa shape index (κ1) is 11.5. The van der Waals surface area contributed by atoms with Gasteiger partial charge in [-0.15, -0.1) is 0 Å². The number of esters is 1. The molecule has 0 spiro atoms. The van der Waals surface area contributed by atoms with Gasteiger partial charge >= 0.3 is 5.97 Å². The summed E-state index contributed by atoms with van der Waals surface area (Å²) in [6, 6.07) is 0.602. The van der Waals surface area contributed by atoms with Gasteiger partial charge in [-0.05, 0) is 27.1 Å². The highest BCUT2D eigenvalue weighted by Crippen LogP contribution is 2.12. The topological polar surface area (TPSA) is 32.8 Å². The van der Waals surface area contributed by atoms with Crippen LogP contribution >= 0.6 is 0 Å². The van der Waals surface area contributed by atoms with E-state index in [4.69, 9.17) is 0 Å². The Morgan fingerprint density at radius 2 is 2.36 bits per heavy atom. The molecule has 1 atom stereocenters. The highest BCUT2D eigenvalue weighted by molar-refractivity contribution is 5.69. The van der Waals surface area contributed by atoms with E-state index in [1.807, 2.05) is 0 Å². The molecule has 0 saturated carbocycles. The highest BCUT2D eigenvalue weighted by atomic mass is 16.5. The molecule has 0 unspecified atom stereocenters. The third kappa shape index (κ3) is 3.27. The molecular formula is C10H20N2O2. The summed E-state index contributed by atoms with van der Waals surface area (Å²) in [6.07, 6.45) is 1.70. The van der Waals surface area contributed by atoms with E-state index in [9.17, 15) is 4.79 Å². The molecule has 4 nitrogen and oxygen atoms in total. The second-order valence-electron chi connectivity index (χ2n) is 4.01. The number of likely N-dealkylation sites (tertiary alicyclic amines) is 1. The van der Waals surface area contributed by atoms with Crippen molar-refractivity contribution in [2.75, 3.05) is 40.8 Å². The first-order valence-corrected chi connectivity index (χ1v) is 5.09. The van der Waals surface area contributed by atoms with Gasteiger partial charge < -0.3 is 14.5 Å². The number of nitrogens with zero attached hydrogens (tertiary/aromatic N) is 2. The minimum absolute atomic E-state index is 0.122. The van der Waals surface area contributed by atoms with Gasteiger partial charge in [0.15, 0.2) is 0 Å². The largest absolute Gasteiger partial charge is 0.469 e. The van der Waals surface area contributed by atoms with Gasteiger partial charge in [0.05, 0.1) is 13.5 Å². The third-order valence-corrected chi connectivity index (χ3v) is 2.89. The normalized spacial score (nSPS) is 23.0. The van der Waals surface area contributed by atoms with E-state index in [1.54, 1.807) is 0 Å². The number of carbonyl (C=O) groups excluding carboxylic acids is 1. The molecule has 0 amide bonds. The van der Waals surface area contributed by atoms with E-state index >= 15 is 0 Å². The minimum Gasteiger partial charge on any atom is -0.469 e. The monoisotopic (exact) mass is 200 g/mol. The lowest BCUT2D eigenvalue weighted by molar-refractivity contribution is -0.141. The zero-order valence-corrected chi connectivity index (χ0v) is 9.32. The second kappa shape index (κ2) is 5.32. The SMILES string of the molecule is COC(=O)CCN(C)[C@@H]1CCN(C)C1. The van der Waals surface area contributed by atoms with Crippen molar-refractivity contribution in [2.24, 2.45) is 0 Å². The van der Waals surface area contributed by atoms with Crippen molar-refractivity contribution < 1.29 is 9.53 Å². The molecular weight excluding hydrogens is 180 g/mol. The van der Waals surface area contributed by atoms with Crippen LogP contribution in [0.25, 0.3) is 0 Å². The fourth-order valence-electron chi connectivity index (χ4n) is 1.82. The van der Waals surface area contributed by atoms with Gasteiger partial charge in [0.1, 0.15) is 0 Å². The molecule has 82 valence electrons. The summed E-state index contributed by atoms with van der Waals surface area (Å²) >= 11 is 0. The van der Waals surface area contributed by atoms with Crippen molar-refractivity contribution in [1.82, 2.24) is 9.80 Å². The van der Waals surface area contributed by atoms with Crippen LogP contribution in [0.3, 0.4) is 0 Å². The number of ether oxygens (including phenoxy) is 1. The fraction of sp³-hybridized carbons (Fsp3) is 0.900. The number of rotatable bonds is 4. The van der Waals surface area contributed by atoms with Crippen LogP contribution in [0.4, 0.5) is 0 Å². The Morgan fingerprint density at radius 3 is 2.86 bits per heavy atom. The Morgan fingerprint density at radius 1 is 1.64 bits per heavy atom. The van der Waals surface area contributed by atoms with Crippen LogP contribution in [-0.4, -0.2) is 62.7 Å². The molecule has 0 aromatic carbocycles. The van der Waals surface area contributed by atoms with Crippen LogP contribution in [0.5, 0.6) is 0 Å². The molecule has 1 heterocycles. The summed E-state index contributed by atoms with van der Waals surface area (Å²) in [4.78, 5) is 15.5. The summed E-state index contributed by atoms with van der Waals surface area (Å²) in [5.74, 6) is -0.122. The Balaban J connectivity index is 2.21. The van der Waals surface area contributed by atoms with E-state index in [0.29, 0.717) is 12.5 Å². The standard InChI is InChI=1S/C10H20N2O2/c1-11-6-4-9(8-11)12(2)7-5-10(13)14-3/h9H,4-8H2,1-3H3/t9-/m1/s1. The Labute approximate surface area is 85.8 Å². The molecule has 0 aromatic heterocycles. The van der Waals surface area contributed by atoms with Crippen LogP contribution in [0.1, 0.15) is 12.8 Å². The van der Waals surface area contributed by atoms with Gasteiger partial charge in [-0.2, -0.15) is 0 Å². The van der Waals surface area contributed by atoms with E-state index in [-0.39, 0.29) is 5.97 Å². The molecule has 4 heteroatoms. The van der Waals surface area contributed by atoms with Crippen molar-refractivity contribution in [3.05, 3.63) is 0 Å². The van der Waals surface area contributed by atoms with Crippen molar-refractivity contribution in [2.45, 2.75) is 18.9 Å². The zero-order valence-electron chi connectivity index (χ0n) is 9.32. The number of hydrogen-bond donors (Lipinski definition) is 0. The maximum absolute atomic E-state index is 10.9. The minimum atomic E-state index is -0.122. The molecule has 14 heavy (non-hydrogen) atoms. The van der Waals surface area contributed by atoms with Gasteiger partial charge in [-0.3, -0.25) is 4.79 Å². The Bertz CT molecular complexity index is 197. The Kier molecular flexibility index (Phi) is 4.35. The lowest BCUT2D eigenvalue weighted by Crippen LogP contribution is -2.35. The third-order valence-electron chi connectivity index (χ3n) is 2.89. The molecule has 1 aliphatic heterocycles. The summed E-state index contributed by atoms with van der Waals surface area (Å²) < 4.78 is 4.61. The lowest BCUT2D eigenvalue weighted by Gasteiger charge is -2.23. The van der Waals surface area contributed by atoms with Crippen molar-refractivity contribution >= 4 is 5.97 Å². The molecule has 1 saturated heterocycles. The molecule has 1 fully saturated rings. The van der Waals surface area contributed by atoms with Gasteiger partial charge in [0.2, 0.25) is 0 Å². The second-order valence-corrected chi connectivity index (χ2v) is 4.01. The zero-order chi connectivity index (χ0) is 10.6. The molecule has 0 aliphatic carbocycles. The van der Waals surface area contributed by atoms with E-state index in [1.165, 1.54) is 13.5 Å². The molecule has 0 bridgehead atoms. The van der Waals surface area contributed by atoms with Crippen LogP contribution in [0, 0.1) is 0 Å². The molecule has 1 rings (SSSR count). The number of hydrogen-bond acceptors (Lipinski definition) is 4. The number of carbonyl (C=O) groups is 1. The van der Waals surface area contributed by atoms with E-state index in [2.05, 4.69) is 28.6 Å². The fourth-order valence-corrected chi connectivity index (χ4v) is 1.82. The van der Waals surface area contributed by atoms with Gasteiger partial charge in [-0.25, -0.2) is 0 Å². The Hall–Kier alpha value is -0.610. The predicted octanol–water partition coefficient (Wildman–Crippen LogP) is 0.185. The van der Waals surface area contributed by atoms with E-state index < -0.39 is 0 Å². The van der Waals surface area contributed by atoms with Crippen LogP contribution in [0.2, 0.25) is 0 Å². The average Bonchev–Trinajstić information content (AvgIpc) is 2.60. The van der Waals surface area contributed by atoms with Gasteiger partial charge in [0.25, 0.3) is 0 Å². The van der Waals surface area contributed by atoms with Crippen LogP contribution in [-0.2, 0) is 9.53 Å². The number of methoxy groups -OCH3 is 1. The highest BCUT2D eigenvalue weighted by Gasteiger charge is 2.23. The lowest BCUT2D eigenvalue weighted by atomic mass is 10.2. The first-order chi connectivity index (χ1) is 6.63. The predicted molar refractivity (Wildman–Crippen MR) is 55.2 cm³/mol. The molecule has 1 aliphatic rings. The average molecular weight is 200 g/mol. The van der Waals surface area contributed by atoms with Crippen LogP contribution in [0.15, 0.2) is 0 Å². The van der Waals surface area contributed by atoms with Crippen molar-refractivity contribution in [1.29, 1.82) is 0 Å². The summed E-state index contributed by atoms with van der Waals surface area (Å²) in [7, 11) is 5.65. The van der Waals surface area contributed by atoms with Crippen LogP contribution < -0.4 is 0 Å². The summed E-state index contributed by atoms with van der Waals surface area (Å²) in [6.45, 7) is 3.07. The molecule has 0 radical (unpaired) electrons. The summed E-state index contributed by atoms with van der Waals surface area (Å²) in [5.41, 5.74) is 0. The van der Waals surface area contributed by atoms with E-state index in [0.717, 1.165) is 19.6 Å². The van der Waals surface area contributed by atoms with Gasteiger partial charge in [0, 0.05) is 19.1 Å². The molecule has 0 N–H and O–H groups in total. The summed E-state index contributed by atoms with van der Waals surface area (Å²) in [5, 5.41) is 0. The van der Waals surface area contributed by atoms with Crippen molar-refractivity contribution in [3.8, 4) is 0 Å².